The van der Waals surface area contributed by atoms with Gasteiger partial charge in [-0.3, -0.25) is 4.90 Å². The Morgan fingerprint density at radius 3 is 2.70 bits per heavy atom. The summed E-state index contributed by atoms with van der Waals surface area (Å²) in [6, 6.07) is 14.4. The van der Waals surface area contributed by atoms with Gasteiger partial charge in [0.15, 0.2) is 0 Å². The maximum absolute atomic E-state index is 11.7. The number of amides is 1. The number of fused-ring (bicyclic) bond motifs is 3. The molecule has 1 amide bonds. The SMILES string of the molecule is C[C@@H](Cc1nc2c3c(ccc2n1C)N(C(=O)O)[C@@H](C)CC3)c1ccccc1. The second-order valence-corrected chi connectivity index (χ2v) is 7.57. The van der Waals surface area contributed by atoms with Crippen molar-refractivity contribution in [2.75, 3.05) is 4.90 Å². The van der Waals surface area contributed by atoms with Crippen LogP contribution in [-0.2, 0) is 19.9 Å². The average Bonchev–Trinajstić information content (AvgIpc) is 2.97. The first kappa shape index (κ1) is 17.6. The number of aryl methyl sites for hydroxylation is 2. The number of aromatic nitrogens is 2. The van der Waals surface area contributed by atoms with E-state index >= 15 is 0 Å². The Balaban J connectivity index is 1.75. The molecule has 1 N–H and O–H groups in total. The van der Waals surface area contributed by atoms with E-state index in [-0.39, 0.29) is 6.04 Å². The number of imidazole rings is 1. The standard InChI is InChI=1S/C22H25N3O2/c1-14(16-7-5-4-6-8-16)13-20-23-21-17-10-9-15(2)25(22(26)27)18(17)11-12-19(21)24(20)3/h4-8,11-12,14-15H,9-10,13H2,1-3H3,(H,26,27)/t14-,15-/m0/s1. The maximum atomic E-state index is 11.7. The number of carbonyl (C=O) groups is 1. The molecule has 0 bridgehead atoms. The van der Waals surface area contributed by atoms with Crippen molar-refractivity contribution in [1.29, 1.82) is 0 Å². The van der Waals surface area contributed by atoms with Gasteiger partial charge in [-0.2, -0.15) is 0 Å². The molecule has 1 aromatic heterocycles. The van der Waals surface area contributed by atoms with Crippen molar-refractivity contribution in [3.63, 3.8) is 0 Å². The molecule has 0 fully saturated rings. The highest BCUT2D eigenvalue weighted by atomic mass is 16.4. The molecule has 2 aromatic carbocycles. The minimum Gasteiger partial charge on any atom is -0.465 e. The van der Waals surface area contributed by atoms with E-state index in [4.69, 9.17) is 4.98 Å². The van der Waals surface area contributed by atoms with Crippen molar-refractivity contribution < 1.29 is 9.90 Å². The Bertz CT molecular complexity index is 994. The van der Waals surface area contributed by atoms with E-state index < -0.39 is 6.09 Å². The summed E-state index contributed by atoms with van der Waals surface area (Å²) in [4.78, 5) is 18.2. The van der Waals surface area contributed by atoms with E-state index in [2.05, 4.69) is 42.8 Å². The van der Waals surface area contributed by atoms with E-state index in [1.807, 2.05) is 25.1 Å². The lowest BCUT2D eigenvalue weighted by Gasteiger charge is -2.33. The first-order chi connectivity index (χ1) is 13.0. The van der Waals surface area contributed by atoms with Gasteiger partial charge < -0.3 is 9.67 Å². The molecule has 0 saturated heterocycles. The fraction of sp³-hybridized carbons (Fsp3) is 0.364. The summed E-state index contributed by atoms with van der Waals surface area (Å²) in [6.07, 6.45) is 1.65. The summed E-state index contributed by atoms with van der Waals surface area (Å²) in [5.41, 5.74) is 5.17. The lowest BCUT2D eigenvalue weighted by molar-refractivity contribution is 0.198. The quantitative estimate of drug-likeness (QED) is 0.731. The number of rotatable bonds is 3. The molecule has 2 atom stereocenters. The van der Waals surface area contributed by atoms with Crippen LogP contribution in [0.15, 0.2) is 42.5 Å². The molecule has 0 radical (unpaired) electrons. The van der Waals surface area contributed by atoms with Gasteiger partial charge in [-0.15, -0.1) is 0 Å². The van der Waals surface area contributed by atoms with E-state index in [1.165, 1.54) is 10.5 Å². The maximum Gasteiger partial charge on any atom is 0.412 e. The normalized spacial score (nSPS) is 17.7. The van der Waals surface area contributed by atoms with Crippen LogP contribution in [0.2, 0.25) is 0 Å². The molecule has 27 heavy (non-hydrogen) atoms. The first-order valence-electron chi connectivity index (χ1n) is 9.51. The first-order valence-corrected chi connectivity index (χ1v) is 9.51. The Labute approximate surface area is 159 Å². The van der Waals surface area contributed by atoms with Gasteiger partial charge in [0.25, 0.3) is 0 Å². The molecule has 1 aliphatic rings. The molecule has 2 heterocycles. The van der Waals surface area contributed by atoms with Crippen LogP contribution in [0.5, 0.6) is 0 Å². The summed E-state index contributed by atoms with van der Waals surface area (Å²) in [5.74, 6) is 1.41. The molecule has 5 heteroatoms. The van der Waals surface area contributed by atoms with Gasteiger partial charge in [-0.1, -0.05) is 37.3 Å². The van der Waals surface area contributed by atoms with Crippen LogP contribution in [0.3, 0.4) is 0 Å². The molecular formula is C22H25N3O2. The highest BCUT2D eigenvalue weighted by Crippen LogP contribution is 2.36. The number of hydrogen-bond donors (Lipinski definition) is 1. The van der Waals surface area contributed by atoms with Gasteiger partial charge in [0.2, 0.25) is 0 Å². The van der Waals surface area contributed by atoms with Gasteiger partial charge >= 0.3 is 6.09 Å². The zero-order chi connectivity index (χ0) is 19.1. The van der Waals surface area contributed by atoms with Crippen molar-refractivity contribution in [2.45, 2.75) is 45.1 Å². The fourth-order valence-electron chi connectivity index (χ4n) is 4.19. The molecule has 5 nitrogen and oxygen atoms in total. The smallest absolute Gasteiger partial charge is 0.412 e. The van der Waals surface area contributed by atoms with Crippen LogP contribution in [0.25, 0.3) is 11.0 Å². The molecule has 3 aromatic rings. The van der Waals surface area contributed by atoms with Gasteiger partial charge in [-0.05, 0) is 43.4 Å². The number of hydrogen-bond acceptors (Lipinski definition) is 2. The Morgan fingerprint density at radius 2 is 2.00 bits per heavy atom. The fourth-order valence-corrected chi connectivity index (χ4v) is 4.19. The number of nitrogens with zero attached hydrogens (tertiary/aromatic N) is 3. The lowest BCUT2D eigenvalue weighted by atomic mass is 9.96. The zero-order valence-corrected chi connectivity index (χ0v) is 16.0. The third-order valence-electron chi connectivity index (χ3n) is 5.80. The number of carboxylic acid groups (broad SMARTS) is 1. The van der Waals surface area contributed by atoms with E-state index in [0.717, 1.165) is 47.4 Å². The Kier molecular flexibility index (Phi) is 4.38. The van der Waals surface area contributed by atoms with Crippen LogP contribution >= 0.6 is 0 Å². The molecule has 0 saturated carbocycles. The molecular weight excluding hydrogens is 338 g/mol. The molecule has 0 aliphatic carbocycles. The topological polar surface area (TPSA) is 58.4 Å². The largest absolute Gasteiger partial charge is 0.465 e. The highest BCUT2D eigenvalue weighted by molar-refractivity contribution is 5.94. The number of benzene rings is 2. The molecule has 0 spiro atoms. The molecule has 0 unspecified atom stereocenters. The van der Waals surface area contributed by atoms with E-state index in [0.29, 0.717) is 5.92 Å². The van der Waals surface area contributed by atoms with Crippen LogP contribution in [0.1, 0.15) is 43.1 Å². The van der Waals surface area contributed by atoms with Gasteiger partial charge in [-0.25, -0.2) is 9.78 Å². The van der Waals surface area contributed by atoms with Gasteiger partial charge in [0, 0.05) is 25.1 Å². The summed E-state index contributed by atoms with van der Waals surface area (Å²) >= 11 is 0. The Hall–Kier alpha value is -2.82. The van der Waals surface area contributed by atoms with Crippen molar-refractivity contribution in [3.8, 4) is 0 Å². The van der Waals surface area contributed by atoms with Crippen LogP contribution in [0.4, 0.5) is 10.5 Å². The molecule has 140 valence electrons. The predicted molar refractivity (Wildman–Crippen MR) is 108 cm³/mol. The van der Waals surface area contributed by atoms with Crippen molar-refractivity contribution in [1.82, 2.24) is 9.55 Å². The zero-order valence-electron chi connectivity index (χ0n) is 16.0. The minimum atomic E-state index is -0.892. The van der Waals surface area contributed by atoms with Crippen LogP contribution in [-0.4, -0.2) is 26.8 Å². The monoisotopic (exact) mass is 363 g/mol. The highest BCUT2D eigenvalue weighted by Gasteiger charge is 2.30. The van der Waals surface area contributed by atoms with Crippen molar-refractivity contribution >= 4 is 22.8 Å². The molecule has 4 rings (SSSR count). The van der Waals surface area contributed by atoms with Crippen LogP contribution in [0, 0.1) is 0 Å². The summed E-state index contributed by atoms with van der Waals surface area (Å²) in [7, 11) is 2.05. The third-order valence-corrected chi connectivity index (χ3v) is 5.80. The summed E-state index contributed by atoms with van der Waals surface area (Å²) < 4.78 is 2.15. The molecule has 1 aliphatic heterocycles. The van der Waals surface area contributed by atoms with Crippen LogP contribution < -0.4 is 4.90 Å². The lowest BCUT2D eigenvalue weighted by Crippen LogP contribution is -2.41. The second kappa shape index (κ2) is 6.72. The predicted octanol–water partition coefficient (Wildman–Crippen LogP) is 4.74. The van der Waals surface area contributed by atoms with Gasteiger partial charge in [0.1, 0.15) is 5.82 Å². The summed E-state index contributed by atoms with van der Waals surface area (Å²) in [6.45, 7) is 4.19. The van der Waals surface area contributed by atoms with Crippen molar-refractivity contribution in [2.24, 2.45) is 7.05 Å². The van der Waals surface area contributed by atoms with Gasteiger partial charge in [0.05, 0.1) is 16.7 Å². The number of anilines is 1. The Morgan fingerprint density at radius 1 is 1.26 bits per heavy atom. The van der Waals surface area contributed by atoms with Crippen molar-refractivity contribution in [3.05, 3.63) is 59.4 Å². The third kappa shape index (κ3) is 2.97. The summed E-state index contributed by atoms with van der Waals surface area (Å²) in [5, 5.41) is 9.63. The van der Waals surface area contributed by atoms with E-state index in [9.17, 15) is 9.90 Å². The van der Waals surface area contributed by atoms with E-state index in [1.54, 1.807) is 0 Å². The minimum absolute atomic E-state index is 0.00580. The average molecular weight is 363 g/mol. The second-order valence-electron chi connectivity index (χ2n) is 7.57.